The minimum Gasteiger partial charge on any atom is -0.495 e. The number of pyridine rings is 1. The first kappa shape index (κ1) is 40.6. The zero-order valence-electron chi connectivity index (χ0n) is 33.1. The van der Waals surface area contributed by atoms with E-state index < -0.39 is 58.9 Å². The van der Waals surface area contributed by atoms with E-state index in [1.165, 1.54) is 29.4 Å². The Morgan fingerprint density at radius 2 is 1.88 bits per heavy atom. The maximum Gasteiger partial charge on any atom is 0.408 e. The number of ether oxygens (including phenoxy) is 3. The van der Waals surface area contributed by atoms with Gasteiger partial charge in [-0.05, 0) is 75.3 Å². The zero-order chi connectivity index (χ0) is 41.0. The lowest BCUT2D eigenvalue weighted by molar-refractivity contribution is -0.146. The molecular formula is C41H51ClN6O8S. The summed E-state index contributed by atoms with van der Waals surface area (Å²) in [5.41, 5.74) is -0.832. The third kappa shape index (κ3) is 8.09. The molecular weight excluding hydrogens is 772 g/mol. The molecule has 3 saturated carbocycles. The fraction of sp³-hybridized carbons (Fsp3) is 0.561. The number of fused-ring (bicyclic) bond motifs is 3. The molecule has 5 unspecified atom stereocenters. The van der Waals surface area contributed by atoms with Crippen molar-refractivity contribution in [2.24, 2.45) is 23.2 Å². The molecule has 57 heavy (non-hydrogen) atoms. The molecule has 0 spiro atoms. The van der Waals surface area contributed by atoms with Crippen LogP contribution in [-0.2, 0) is 19.1 Å². The number of likely N-dealkylation sites (tertiary alicyclic amines) is 1. The second-order valence-corrected chi connectivity index (χ2v) is 18.4. The fourth-order valence-corrected chi connectivity index (χ4v) is 9.74. The minimum absolute atomic E-state index is 0.0284. The van der Waals surface area contributed by atoms with Crippen LogP contribution in [0.5, 0.6) is 11.5 Å². The molecule has 2 aromatic heterocycles. The summed E-state index contributed by atoms with van der Waals surface area (Å²) in [6.07, 6.45) is 4.14. The van der Waals surface area contributed by atoms with E-state index in [0.717, 1.165) is 30.8 Å². The van der Waals surface area contributed by atoms with E-state index >= 15 is 0 Å². The largest absolute Gasteiger partial charge is 0.495 e. The second-order valence-electron chi connectivity index (χ2n) is 17.2. The summed E-state index contributed by atoms with van der Waals surface area (Å²) in [7, 11) is 1.51. The average Bonchev–Trinajstić information content (AvgIpc) is 3.67. The molecule has 1 aromatic carbocycles. The molecule has 14 nitrogen and oxygen atoms in total. The van der Waals surface area contributed by atoms with E-state index in [1.807, 2.05) is 40.0 Å². The molecule has 4 aliphatic rings. The lowest BCUT2D eigenvalue weighted by Crippen LogP contribution is -2.59. The molecule has 4 N–H and O–H groups in total. The number of nitrogens with one attached hydrogen (secondary N) is 3. The number of carbonyl (C=O) groups excluding carboxylic acids is 3. The van der Waals surface area contributed by atoms with Crippen LogP contribution in [0.15, 0.2) is 36.2 Å². The van der Waals surface area contributed by atoms with Crippen LogP contribution >= 0.6 is 22.9 Å². The molecule has 3 aromatic rings. The van der Waals surface area contributed by atoms with Gasteiger partial charge in [-0.2, -0.15) is 0 Å². The van der Waals surface area contributed by atoms with Gasteiger partial charge in [-0.3, -0.25) is 9.59 Å². The highest BCUT2D eigenvalue weighted by molar-refractivity contribution is 7.14. The number of amides is 3. The van der Waals surface area contributed by atoms with Crippen molar-refractivity contribution < 1.29 is 38.5 Å². The first-order valence-corrected chi connectivity index (χ1v) is 20.8. The molecule has 1 saturated heterocycles. The molecule has 1 aliphatic heterocycles. The van der Waals surface area contributed by atoms with Gasteiger partial charge in [-0.1, -0.05) is 38.4 Å². The van der Waals surface area contributed by atoms with Crippen molar-refractivity contribution in [2.45, 2.75) is 109 Å². The van der Waals surface area contributed by atoms with Crippen LogP contribution in [-0.4, -0.2) is 93.4 Å². The van der Waals surface area contributed by atoms with Gasteiger partial charge in [0.15, 0.2) is 5.13 Å². The summed E-state index contributed by atoms with van der Waals surface area (Å²) in [5, 5.41) is 22.4. The quantitative estimate of drug-likeness (QED) is 0.135. The molecule has 0 radical (unpaired) electrons. The zero-order valence-corrected chi connectivity index (χ0v) is 34.7. The molecule has 8 atom stereocenters. The van der Waals surface area contributed by atoms with Crippen molar-refractivity contribution in [2.75, 3.05) is 19.0 Å². The number of hydrogen-bond donors (Lipinski definition) is 4. The van der Waals surface area contributed by atoms with E-state index in [1.54, 1.807) is 18.2 Å². The summed E-state index contributed by atoms with van der Waals surface area (Å²) >= 11 is 8.26. The topological polar surface area (TPSA) is 181 Å². The number of carboxylic acids is 1. The third-order valence-corrected chi connectivity index (χ3v) is 12.9. The van der Waals surface area contributed by atoms with Gasteiger partial charge in [0.25, 0.3) is 0 Å². The highest BCUT2D eigenvalue weighted by atomic mass is 35.5. The normalized spacial score (nSPS) is 26.9. The Hall–Kier alpha value is -4.63. The van der Waals surface area contributed by atoms with E-state index in [-0.39, 0.29) is 36.6 Å². The van der Waals surface area contributed by atoms with Crippen molar-refractivity contribution in [3.8, 4) is 22.9 Å². The maximum absolute atomic E-state index is 14.7. The molecule has 16 heteroatoms. The van der Waals surface area contributed by atoms with Crippen LogP contribution in [0, 0.1) is 23.2 Å². The van der Waals surface area contributed by atoms with Gasteiger partial charge in [0, 0.05) is 35.2 Å². The number of carboxylic acid groups (broad SMARTS) is 1. The molecule has 306 valence electrons. The number of thiazole rings is 1. The number of anilines is 1. The summed E-state index contributed by atoms with van der Waals surface area (Å²) < 4.78 is 18.1. The van der Waals surface area contributed by atoms with Gasteiger partial charge in [-0.25, -0.2) is 19.6 Å². The van der Waals surface area contributed by atoms with E-state index in [9.17, 15) is 24.3 Å². The Morgan fingerprint density at radius 3 is 2.49 bits per heavy atom. The SMILES string of the molecule is C=CC1C[C@]1(NC(=O)[C@@H]1CC(Oc2cc(-c3csc(NC(C)C)n3)nc3c(Cl)c(OC)ccc23)CN1C(=O)[C@@H](NC(=O)OC1CC2CCC1C2)C(C)(C)C)C(=O)O. The smallest absolute Gasteiger partial charge is 0.408 e. The van der Waals surface area contributed by atoms with Gasteiger partial charge in [0.05, 0.1) is 24.9 Å². The monoisotopic (exact) mass is 822 g/mol. The predicted octanol–water partition coefficient (Wildman–Crippen LogP) is 6.66. The Morgan fingerprint density at radius 1 is 1.11 bits per heavy atom. The Kier molecular flexibility index (Phi) is 11.1. The molecule has 2 bridgehead atoms. The van der Waals surface area contributed by atoms with Gasteiger partial charge in [0.2, 0.25) is 11.8 Å². The summed E-state index contributed by atoms with van der Waals surface area (Å²) in [6.45, 7) is 13.2. The number of benzene rings is 1. The molecule has 3 amide bonds. The van der Waals surface area contributed by atoms with Gasteiger partial charge in [-0.15, -0.1) is 17.9 Å². The summed E-state index contributed by atoms with van der Waals surface area (Å²) in [5.74, 6) is -1.11. The number of methoxy groups -OCH3 is 1. The van der Waals surface area contributed by atoms with Crippen LogP contribution < -0.4 is 25.4 Å². The van der Waals surface area contributed by atoms with Crippen LogP contribution in [0.1, 0.15) is 73.1 Å². The number of nitrogens with zero attached hydrogens (tertiary/aromatic N) is 3. The van der Waals surface area contributed by atoms with Crippen LogP contribution in [0.4, 0.5) is 9.93 Å². The van der Waals surface area contributed by atoms with Crippen LogP contribution in [0.25, 0.3) is 22.3 Å². The van der Waals surface area contributed by atoms with E-state index in [0.29, 0.717) is 45.6 Å². The van der Waals surface area contributed by atoms with Crippen molar-refractivity contribution in [1.82, 2.24) is 25.5 Å². The molecule has 4 fully saturated rings. The van der Waals surface area contributed by atoms with Gasteiger partial charge < -0.3 is 40.2 Å². The number of halogens is 1. The standard InChI is InChI=1S/C41H51ClN6O8S/c1-8-23-17-41(23,37(51)52)47-35(49)28-15-24(18-48(28)36(50)34(40(4,5)6)46-39(53)56-30-14-21-9-10-22(30)13-21)55-31-16-26(27-19-57-38(45-27)43-20(2)3)44-33-25(31)11-12-29(54-7)32(33)42/h8,11-12,16,19-24,28,30,34H,1,9-10,13-15,17-18H2,2-7H3,(H,43,45)(H,46,53)(H,47,49)(H,51,52)/t21?,22?,23?,24?,28-,30?,34+,41+/m0/s1. The van der Waals surface area contributed by atoms with Crippen molar-refractivity contribution in [3.05, 3.63) is 41.3 Å². The lowest BCUT2D eigenvalue weighted by Gasteiger charge is -2.35. The molecule has 7 rings (SSSR count). The Balaban J connectivity index is 1.20. The van der Waals surface area contributed by atoms with Crippen molar-refractivity contribution >= 4 is 62.8 Å². The summed E-state index contributed by atoms with van der Waals surface area (Å²) in [6, 6.07) is 3.20. The number of hydrogen-bond acceptors (Lipinski definition) is 11. The highest BCUT2D eigenvalue weighted by Crippen LogP contribution is 2.47. The van der Waals surface area contributed by atoms with E-state index in [4.69, 9.17) is 35.8 Å². The number of alkyl carbamates (subject to hydrolysis) is 1. The lowest BCUT2D eigenvalue weighted by atomic mass is 9.85. The molecule has 3 aliphatic carbocycles. The summed E-state index contributed by atoms with van der Waals surface area (Å²) in [4.78, 5) is 65.7. The maximum atomic E-state index is 14.7. The Bertz CT molecular complexity index is 2090. The fourth-order valence-electron chi connectivity index (χ4n) is 8.61. The average molecular weight is 823 g/mol. The van der Waals surface area contributed by atoms with E-state index in [2.05, 4.69) is 22.5 Å². The molecule has 3 heterocycles. The van der Waals surface area contributed by atoms with Gasteiger partial charge >= 0.3 is 12.1 Å². The van der Waals surface area contributed by atoms with Crippen molar-refractivity contribution in [3.63, 3.8) is 0 Å². The number of aromatic nitrogens is 2. The van der Waals surface area contributed by atoms with Crippen LogP contribution in [0.2, 0.25) is 5.02 Å². The van der Waals surface area contributed by atoms with Crippen molar-refractivity contribution in [1.29, 1.82) is 0 Å². The second kappa shape index (κ2) is 15.6. The predicted molar refractivity (Wildman–Crippen MR) is 217 cm³/mol. The van der Waals surface area contributed by atoms with Gasteiger partial charge in [0.1, 0.15) is 52.0 Å². The number of aliphatic carboxylic acids is 1. The highest BCUT2D eigenvalue weighted by Gasteiger charge is 2.61. The number of rotatable bonds is 13. The first-order valence-electron chi connectivity index (χ1n) is 19.5. The minimum atomic E-state index is -1.53. The number of carbonyl (C=O) groups is 4. The van der Waals surface area contributed by atoms with Crippen LogP contribution in [0.3, 0.4) is 0 Å². The third-order valence-electron chi connectivity index (χ3n) is 11.7. The first-order chi connectivity index (χ1) is 27.0. The Labute approximate surface area is 341 Å².